The molecule has 144 valence electrons. The molecule has 10 nitrogen and oxygen atoms in total. The molecule has 3 heterocycles. The molecule has 11 heteroatoms. The molecule has 1 saturated carbocycles. The van der Waals surface area contributed by atoms with Crippen LogP contribution < -0.4 is 10.6 Å². The van der Waals surface area contributed by atoms with E-state index in [0.29, 0.717) is 28.1 Å². The van der Waals surface area contributed by atoms with E-state index in [9.17, 15) is 9.59 Å². The van der Waals surface area contributed by atoms with E-state index < -0.39 is 0 Å². The van der Waals surface area contributed by atoms with Crippen LogP contribution in [-0.2, 0) is 4.79 Å². The van der Waals surface area contributed by atoms with E-state index in [-0.39, 0.29) is 23.6 Å². The van der Waals surface area contributed by atoms with Crippen molar-refractivity contribution in [2.45, 2.75) is 30.8 Å². The highest BCUT2D eigenvalue weighted by molar-refractivity contribution is 7.99. The summed E-state index contributed by atoms with van der Waals surface area (Å²) in [7, 11) is 0. The molecule has 1 aliphatic carbocycles. The minimum absolute atomic E-state index is 0.149. The highest BCUT2D eigenvalue weighted by atomic mass is 32.2. The van der Waals surface area contributed by atoms with Crippen LogP contribution in [0.25, 0.3) is 5.82 Å². The topological polar surface area (TPSA) is 128 Å². The van der Waals surface area contributed by atoms with Crippen LogP contribution in [0.2, 0.25) is 0 Å². The number of nitrogens with zero attached hydrogens (tertiary/aromatic N) is 5. The first kappa shape index (κ1) is 18.2. The fraction of sp³-hybridized carbons (Fsp3) is 0.294. The van der Waals surface area contributed by atoms with Crippen molar-refractivity contribution >= 4 is 29.4 Å². The number of carbonyl (C=O) groups excluding carboxylic acids is 2. The molecular weight excluding hydrogens is 382 g/mol. The molecule has 0 aromatic carbocycles. The normalized spacial score (nSPS) is 13.3. The first-order valence-corrected chi connectivity index (χ1v) is 9.60. The zero-order valence-electron chi connectivity index (χ0n) is 15.0. The second kappa shape index (κ2) is 7.80. The van der Waals surface area contributed by atoms with Crippen LogP contribution in [0.4, 0.5) is 5.82 Å². The summed E-state index contributed by atoms with van der Waals surface area (Å²) in [5.41, 5.74) is 0.335. The van der Waals surface area contributed by atoms with E-state index in [2.05, 4.69) is 30.9 Å². The van der Waals surface area contributed by atoms with E-state index in [1.165, 1.54) is 22.8 Å². The van der Waals surface area contributed by atoms with Crippen LogP contribution in [0, 0.1) is 6.92 Å². The molecule has 1 fully saturated rings. The zero-order chi connectivity index (χ0) is 19.5. The number of hydrogen-bond donors (Lipinski definition) is 2. The highest BCUT2D eigenvalue weighted by Gasteiger charge is 2.24. The molecule has 1 aliphatic rings. The predicted molar refractivity (Wildman–Crippen MR) is 100 cm³/mol. The fourth-order valence-corrected chi connectivity index (χ4v) is 3.00. The van der Waals surface area contributed by atoms with Crippen LogP contribution in [0.1, 0.15) is 29.1 Å². The molecule has 0 spiro atoms. The quantitative estimate of drug-likeness (QED) is 0.453. The maximum absolute atomic E-state index is 12.1. The number of hydrogen-bond acceptors (Lipinski definition) is 8. The number of rotatable bonds is 7. The molecule has 0 radical (unpaired) electrons. The molecule has 3 aromatic rings. The maximum Gasteiger partial charge on any atom is 0.272 e. The Hall–Kier alpha value is -3.21. The van der Waals surface area contributed by atoms with Gasteiger partial charge in [-0.2, -0.15) is 5.10 Å². The van der Waals surface area contributed by atoms with Crippen molar-refractivity contribution < 1.29 is 14.1 Å². The van der Waals surface area contributed by atoms with Crippen LogP contribution >= 0.6 is 11.8 Å². The lowest BCUT2D eigenvalue weighted by Crippen LogP contribution is -2.25. The molecular formula is C17H17N7O3S. The molecule has 0 saturated heterocycles. The van der Waals surface area contributed by atoms with Crippen molar-refractivity contribution in [3.63, 3.8) is 0 Å². The van der Waals surface area contributed by atoms with Crippen molar-refractivity contribution in [2.24, 2.45) is 0 Å². The smallest absolute Gasteiger partial charge is 0.272 e. The lowest BCUT2D eigenvalue weighted by atomic mass is 10.4. The number of nitrogens with one attached hydrogen (secondary N) is 2. The lowest BCUT2D eigenvalue weighted by Gasteiger charge is -2.04. The average Bonchev–Trinajstić information content (AvgIpc) is 3.19. The van der Waals surface area contributed by atoms with E-state index in [0.717, 1.165) is 12.8 Å². The van der Waals surface area contributed by atoms with Crippen molar-refractivity contribution in [1.29, 1.82) is 0 Å². The fourth-order valence-electron chi connectivity index (χ4n) is 2.34. The molecule has 0 unspecified atom stereocenters. The molecule has 28 heavy (non-hydrogen) atoms. The Bertz CT molecular complexity index is 1010. The maximum atomic E-state index is 12.1. The molecule has 4 rings (SSSR count). The number of thioether (sulfide) groups is 1. The van der Waals surface area contributed by atoms with Gasteiger partial charge in [-0.15, -0.1) is 0 Å². The summed E-state index contributed by atoms with van der Waals surface area (Å²) in [6.07, 6.45) is 5.09. The van der Waals surface area contributed by atoms with E-state index in [1.54, 1.807) is 31.3 Å². The Morgan fingerprint density at radius 2 is 2.18 bits per heavy atom. The van der Waals surface area contributed by atoms with Crippen LogP contribution in [-0.4, -0.2) is 48.5 Å². The second-order valence-corrected chi connectivity index (χ2v) is 7.26. The van der Waals surface area contributed by atoms with E-state index in [4.69, 9.17) is 4.52 Å². The van der Waals surface area contributed by atoms with Crippen molar-refractivity contribution in [3.05, 3.63) is 42.2 Å². The van der Waals surface area contributed by atoms with Crippen LogP contribution in [0.3, 0.4) is 0 Å². The molecule has 0 atom stereocenters. The summed E-state index contributed by atoms with van der Waals surface area (Å²) in [5.74, 6) is 1.24. The van der Waals surface area contributed by atoms with Gasteiger partial charge in [0.25, 0.3) is 5.91 Å². The molecule has 2 amide bonds. The largest absolute Gasteiger partial charge is 0.360 e. The Kier molecular flexibility index (Phi) is 5.06. The number of aromatic nitrogens is 5. The van der Waals surface area contributed by atoms with Gasteiger partial charge in [0.2, 0.25) is 5.91 Å². The van der Waals surface area contributed by atoms with Crippen molar-refractivity contribution in [2.75, 3.05) is 11.1 Å². The molecule has 0 aliphatic heterocycles. The minimum Gasteiger partial charge on any atom is -0.360 e. The van der Waals surface area contributed by atoms with Crippen LogP contribution in [0.5, 0.6) is 0 Å². The van der Waals surface area contributed by atoms with Gasteiger partial charge in [-0.1, -0.05) is 16.9 Å². The predicted octanol–water partition coefficient (Wildman–Crippen LogP) is 1.58. The number of aryl methyl sites for hydroxylation is 1. The Morgan fingerprint density at radius 1 is 1.32 bits per heavy atom. The van der Waals surface area contributed by atoms with E-state index in [1.807, 2.05) is 0 Å². The number of anilines is 1. The lowest BCUT2D eigenvalue weighted by molar-refractivity contribution is -0.113. The third-order valence-corrected chi connectivity index (χ3v) is 4.77. The summed E-state index contributed by atoms with van der Waals surface area (Å²) in [6.45, 7) is 1.75. The SMILES string of the molecule is Cc1cc(NC(=O)CSc2cc(-n3ccc(C(=O)NC4CC4)n3)ncn2)no1. The summed E-state index contributed by atoms with van der Waals surface area (Å²) in [6, 6.07) is 5.25. The number of carbonyl (C=O) groups is 2. The molecule has 0 bridgehead atoms. The van der Waals surface area contributed by atoms with Gasteiger partial charge < -0.3 is 15.2 Å². The summed E-state index contributed by atoms with van der Waals surface area (Å²) >= 11 is 1.25. The highest BCUT2D eigenvalue weighted by Crippen LogP contribution is 2.20. The zero-order valence-corrected chi connectivity index (χ0v) is 15.8. The Morgan fingerprint density at radius 3 is 2.93 bits per heavy atom. The third-order valence-electron chi connectivity index (χ3n) is 3.84. The average molecular weight is 399 g/mol. The van der Waals surface area contributed by atoms with Gasteiger partial charge in [-0.3, -0.25) is 9.59 Å². The van der Waals surface area contributed by atoms with Crippen molar-refractivity contribution in [1.82, 2.24) is 30.2 Å². The van der Waals surface area contributed by atoms with Gasteiger partial charge in [0.1, 0.15) is 17.1 Å². The minimum atomic E-state index is -0.225. The van der Waals surface area contributed by atoms with Gasteiger partial charge >= 0.3 is 0 Å². The van der Waals surface area contributed by atoms with E-state index >= 15 is 0 Å². The summed E-state index contributed by atoms with van der Waals surface area (Å²) in [4.78, 5) is 32.4. The van der Waals surface area contributed by atoms with Crippen LogP contribution in [0.15, 0.2) is 40.3 Å². The van der Waals surface area contributed by atoms with Crippen molar-refractivity contribution in [3.8, 4) is 5.82 Å². The first-order valence-electron chi connectivity index (χ1n) is 8.62. The monoisotopic (exact) mass is 399 g/mol. The standard InChI is InChI=1S/C17H17N7O3S/c1-10-6-13(23-27-10)21-15(25)8-28-16-7-14(18-9-19-16)24-5-4-12(22-24)17(26)20-11-2-3-11/h4-7,9,11H,2-3,8H2,1H3,(H,20,26)(H,21,23,25). The number of amides is 2. The van der Waals surface area contributed by atoms with Gasteiger partial charge in [-0.25, -0.2) is 14.6 Å². The second-order valence-electron chi connectivity index (χ2n) is 6.27. The summed E-state index contributed by atoms with van der Waals surface area (Å²) < 4.78 is 6.41. The van der Waals surface area contributed by atoms with Gasteiger partial charge in [0.15, 0.2) is 17.3 Å². The molecule has 2 N–H and O–H groups in total. The Balaban J connectivity index is 1.36. The van der Waals surface area contributed by atoms with Gasteiger partial charge in [0, 0.05) is 24.4 Å². The Labute approximate surface area is 164 Å². The molecule has 3 aromatic heterocycles. The third kappa shape index (κ3) is 4.55. The van der Waals surface area contributed by atoms with Gasteiger partial charge in [-0.05, 0) is 25.8 Å². The summed E-state index contributed by atoms with van der Waals surface area (Å²) in [5, 5.41) is 14.1. The van der Waals surface area contributed by atoms with Gasteiger partial charge in [0.05, 0.1) is 5.75 Å². The first-order chi connectivity index (χ1) is 13.6.